The van der Waals surface area contributed by atoms with Crippen LogP contribution in [0.25, 0.3) is 6.08 Å². The summed E-state index contributed by atoms with van der Waals surface area (Å²) >= 11 is 1.74. The lowest BCUT2D eigenvalue weighted by Gasteiger charge is -2.12. The van der Waals surface area contributed by atoms with Gasteiger partial charge >= 0.3 is 0 Å². The van der Waals surface area contributed by atoms with Crippen molar-refractivity contribution in [1.29, 1.82) is 0 Å². The van der Waals surface area contributed by atoms with Gasteiger partial charge in [-0.2, -0.15) is 16.9 Å². The van der Waals surface area contributed by atoms with Crippen molar-refractivity contribution in [3.05, 3.63) is 41.1 Å². The summed E-state index contributed by atoms with van der Waals surface area (Å²) in [5.74, 6) is 3.03. The number of aromatic nitrogens is 2. The van der Waals surface area contributed by atoms with Crippen molar-refractivity contribution in [1.82, 2.24) is 15.1 Å². The number of thioether (sulfide) groups is 1. The van der Waals surface area contributed by atoms with Gasteiger partial charge in [0.1, 0.15) is 12.4 Å². The molecule has 5 rings (SSSR count). The van der Waals surface area contributed by atoms with Crippen LogP contribution in [0.2, 0.25) is 0 Å². The molecule has 32 heavy (non-hydrogen) atoms. The molecule has 0 radical (unpaired) electrons. The number of anilines is 1. The van der Waals surface area contributed by atoms with E-state index in [0.717, 1.165) is 47.8 Å². The second kappa shape index (κ2) is 9.25. The van der Waals surface area contributed by atoms with Crippen molar-refractivity contribution in [3.8, 4) is 11.5 Å². The van der Waals surface area contributed by atoms with E-state index in [0.29, 0.717) is 23.9 Å². The Bertz CT molecular complexity index is 1060. The van der Waals surface area contributed by atoms with Crippen molar-refractivity contribution >= 4 is 35.5 Å². The Kier molecular flexibility index (Phi) is 6.04. The van der Waals surface area contributed by atoms with E-state index in [1.54, 1.807) is 22.5 Å². The predicted molar refractivity (Wildman–Crippen MR) is 119 cm³/mol. The monoisotopic (exact) mass is 456 g/mol. The van der Waals surface area contributed by atoms with E-state index in [9.17, 15) is 9.59 Å². The third kappa shape index (κ3) is 4.61. The molecule has 1 aromatic carbocycles. The third-order valence-electron chi connectivity index (χ3n) is 5.53. The molecule has 4 heterocycles. The molecule has 10 heteroatoms. The first-order chi connectivity index (χ1) is 15.7. The smallest absolute Gasteiger partial charge is 0.249 e. The van der Waals surface area contributed by atoms with E-state index in [1.807, 2.05) is 18.2 Å². The highest BCUT2D eigenvalue weighted by Gasteiger charge is 2.25. The number of nitrogens with one attached hydrogen (secondary N) is 2. The molecule has 2 amide bonds. The number of hydrogen-bond donors (Lipinski definition) is 2. The van der Waals surface area contributed by atoms with Gasteiger partial charge in [0.2, 0.25) is 18.6 Å². The molecule has 3 aliphatic heterocycles. The molecule has 3 aliphatic rings. The molecule has 9 nitrogen and oxygen atoms in total. The fraction of sp³-hybridized carbons (Fsp3) is 0.409. The molecular formula is C22H24N4O5S. The first-order valence-corrected chi connectivity index (χ1v) is 11.7. The van der Waals surface area contributed by atoms with Gasteiger partial charge in [-0.3, -0.25) is 9.59 Å². The van der Waals surface area contributed by atoms with Gasteiger partial charge in [0.15, 0.2) is 11.5 Å². The molecule has 0 spiro atoms. The Morgan fingerprint density at radius 2 is 2.16 bits per heavy atom. The quantitative estimate of drug-likeness (QED) is 0.616. The van der Waals surface area contributed by atoms with Crippen LogP contribution in [0, 0.1) is 0 Å². The molecule has 1 atom stereocenters. The lowest BCUT2D eigenvalue weighted by atomic mass is 10.2. The topological polar surface area (TPSA) is 104 Å². The minimum Gasteiger partial charge on any atom is -0.454 e. The SMILES string of the molecule is O=C(/C=C\c1ccc2c(c1)OCO2)Nc1c2c(nn1CC(=O)NC[C@@H]1CCCO1)CSC2. The van der Waals surface area contributed by atoms with Crippen molar-refractivity contribution in [2.24, 2.45) is 0 Å². The maximum atomic E-state index is 12.6. The third-order valence-corrected chi connectivity index (χ3v) is 6.50. The highest BCUT2D eigenvalue weighted by Crippen LogP contribution is 2.35. The van der Waals surface area contributed by atoms with Crippen molar-refractivity contribution in [2.75, 3.05) is 25.3 Å². The van der Waals surface area contributed by atoms with Crippen LogP contribution in [0.1, 0.15) is 29.7 Å². The number of nitrogens with zero attached hydrogens (tertiary/aromatic N) is 2. The Hall–Kier alpha value is -2.98. The zero-order valence-corrected chi connectivity index (χ0v) is 18.3. The Morgan fingerprint density at radius 3 is 3.03 bits per heavy atom. The molecule has 0 saturated carbocycles. The van der Waals surface area contributed by atoms with Crippen LogP contribution < -0.4 is 20.1 Å². The van der Waals surface area contributed by atoms with E-state index in [-0.39, 0.29) is 31.3 Å². The maximum absolute atomic E-state index is 12.6. The largest absolute Gasteiger partial charge is 0.454 e. The summed E-state index contributed by atoms with van der Waals surface area (Å²) in [5, 5.41) is 10.4. The summed E-state index contributed by atoms with van der Waals surface area (Å²) in [6.07, 6.45) is 5.24. The number of ether oxygens (including phenoxy) is 3. The van der Waals surface area contributed by atoms with E-state index >= 15 is 0 Å². The zero-order valence-electron chi connectivity index (χ0n) is 17.5. The highest BCUT2D eigenvalue weighted by atomic mass is 32.2. The summed E-state index contributed by atoms with van der Waals surface area (Å²) in [7, 11) is 0. The van der Waals surface area contributed by atoms with E-state index in [2.05, 4.69) is 15.7 Å². The average Bonchev–Trinajstić information content (AvgIpc) is 3.57. The second-order valence-electron chi connectivity index (χ2n) is 7.80. The van der Waals surface area contributed by atoms with Gasteiger partial charge in [-0.05, 0) is 36.6 Å². The van der Waals surface area contributed by atoms with Gasteiger partial charge in [-0.1, -0.05) is 6.07 Å². The van der Waals surface area contributed by atoms with Crippen LogP contribution >= 0.6 is 11.8 Å². The normalized spacial score (nSPS) is 18.8. The summed E-state index contributed by atoms with van der Waals surface area (Å²) in [4.78, 5) is 25.1. The lowest BCUT2D eigenvalue weighted by Crippen LogP contribution is -2.34. The molecule has 2 N–H and O–H groups in total. The van der Waals surface area contributed by atoms with Gasteiger partial charge in [-0.15, -0.1) is 0 Å². The van der Waals surface area contributed by atoms with Crippen molar-refractivity contribution < 1.29 is 23.8 Å². The number of carbonyl (C=O) groups is 2. The summed E-state index contributed by atoms with van der Waals surface area (Å²) in [5.41, 5.74) is 2.72. The first kappa shape index (κ1) is 20.9. The molecular weight excluding hydrogens is 432 g/mol. The van der Waals surface area contributed by atoms with E-state index in [1.165, 1.54) is 6.08 Å². The molecule has 2 aromatic rings. The molecule has 0 aliphatic carbocycles. The van der Waals surface area contributed by atoms with Crippen LogP contribution in [0.5, 0.6) is 11.5 Å². The summed E-state index contributed by atoms with van der Waals surface area (Å²) in [6, 6.07) is 5.49. The minimum absolute atomic E-state index is 0.0475. The fourth-order valence-electron chi connectivity index (χ4n) is 3.89. The van der Waals surface area contributed by atoms with Crippen LogP contribution in [0.4, 0.5) is 5.82 Å². The number of benzene rings is 1. The first-order valence-electron chi connectivity index (χ1n) is 10.6. The Labute approximate surface area is 189 Å². The molecule has 168 valence electrons. The van der Waals surface area contributed by atoms with Gasteiger partial charge in [0.25, 0.3) is 0 Å². The van der Waals surface area contributed by atoms with Crippen LogP contribution in [0.3, 0.4) is 0 Å². The second-order valence-corrected chi connectivity index (χ2v) is 8.78. The standard InChI is InChI=1S/C22H24N4O5S/c27-20(6-4-14-3-5-18-19(8-14)31-13-30-18)24-22-16-11-32-12-17(16)25-26(22)10-21(28)23-9-15-2-1-7-29-15/h3-6,8,15H,1-2,7,9-13H2,(H,23,28)(H,24,27)/b6-4-/t15-/m0/s1. The predicted octanol–water partition coefficient (Wildman–Crippen LogP) is 2.31. The Morgan fingerprint density at radius 1 is 1.25 bits per heavy atom. The van der Waals surface area contributed by atoms with Gasteiger partial charge in [-0.25, -0.2) is 4.68 Å². The molecule has 0 bridgehead atoms. The zero-order chi connectivity index (χ0) is 21.9. The summed E-state index contributed by atoms with van der Waals surface area (Å²) in [6.45, 7) is 1.50. The highest BCUT2D eigenvalue weighted by molar-refractivity contribution is 7.98. The maximum Gasteiger partial charge on any atom is 0.249 e. The van der Waals surface area contributed by atoms with Crippen LogP contribution in [-0.2, 0) is 32.4 Å². The number of fused-ring (bicyclic) bond motifs is 2. The van der Waals surface area contributed by atoms with Gasteiger partial charge in [0, 0.05) is 36.3 Å². The minimum atomic E-state index is -0.289. The average molecular weight is 457 g/mol. The number of hydrogen-bond acceptors (Lipinski definition) is 7. The van der Waals surface area contributed by atoms with Crippen LogP contribution in [0.15, 0.2) is 24.3 Å². The molecule has 0 unspecified atom stereocenters. The van der Waals surface area contributed by atoms with Gasteiger partial charge in [0.05, 0.1) is 11.8 Å². The molecule has 1 saturated heterocycles. The summed E-state index contributed by atoms with van der Waals surface area (Å²) < 4.78 is 17.8. The Balaban J connectivity index is 1.24. The van der Waals surface area contributed by atoms with Gasteiger partial charge < -0.3 is 24.8 Å². The van der Waals surface area contributed by atoms with E-state index < -0.39 is 0 Å². The molecule has 1 fully saturated rings. The van der Waals surface area contributed by atoms with Crippen LogP contribution in [-0.4, -0.2) is 47.6 Å². The van der Waals surface area contributed by atoms with Crippen molar-refractivity contribution in [3.63, 3.8) is 0 Å². The lowest BCUT2D eigenvalue weighted by molar-refractivity contribution is -0.122. The van der Waals surface area contributed by atoms with E-state index in [4.69, 9.17) is 14.2 Å². The molecule has 1 aromatic heterocycles. The number of rotatable bonds is 7. The number of carbonyl (C=O) groups excluding carboxylic acids is 2. The number of amides is 2. The van der Waals surface area contributed by atoms with Crippen molar-refractivity contribution in [2.45, 2.75) is 37.0 Å². The fourth-order valence-corrected chi connectivity index (χ4v) is 4.93.